The second-order valence-corrected chi connectivity index (χ2v) is 5.88. The molecule has 2 aromatic rings. The number of carbonyl (C=O) groups is 1. The number of fused-ring (bicyclic) bond motifs is 1. The lowest BCUT2D eigenvalue weighted by atomic mass is 10.1. The summed E-state index contributed by atoms with van der Waals surface area (Å²) in [6.45, 7) is 6.60. The summed E-state index contributed by atoms with van der Waals surface area (Å²) in [6.07, 6.45) is 5.08. The molecule has 21 heavy (non-hydrogen) atoms. The van der Waals surface area contributed by atoms with Crippen LogP contribution >= 0.6 is 0 Å². The predicted molar refractivity (Wildman–Crippen MR) is 80.6 cm³/mol. The maximum absolute atomic E-state index is 11.8. The van der Waals surface area contributed by atoms with Gasteiger partial charge in [0.25, 0.3) is 0 Å². The van der Waals surface area contributed by atoms with Crippen molar-refractivity contribution in [1.82, 2.24) is 14.3 Å². The second kappa shape index (κ2) is 5.48. The van der Waals surface area contributed by atoms with Gasteiger partial charge in [-0.25, -0.2) is 9.78 Å². The minimum absolute atomic E-state index is 0.340. The van der Waals surface area contributed by atoms with Crippen LogP contribution in [0, 0.1) is 0 Å². The van der Waals surface area contributed by atoms with Crippen LogP contribution in [0.2, 0.25) is 0 Å². The fourth-order valence-corrected chi connectivity index (χ4v) is 3.00. The van der Waals surface area contributed by atoms with Gasteiger partial charge in [-0.3, -0.25) is 0 Å². The monoisotopic (exact) mass is 287 g/mol. The van der Waals surface area contributed by atoms with E-state index in [1.165, 1.54) is 7.11 Å². The lowest BCUT2D eigenvalue weighted by molar-refractivity contribution is 0.0602. The highest BCUT2D eigenvalue weighted by Crippen LogP contribution is 2.28. The van der Waals surface area contributed by atoms with E-state index >= 15 is 0 Å². The molecule has 0 amide bonds. The number of likely N-dealkylation sites (tertiary alicyclic amines) is 1. The smallest absolute Gasteiger partial charge is 0.341 e. The van der Waals surface area contributed by atoms with E-state index in [1.54, 1.807) is 6.07 Å². The van der Waals surface area contributed by atoms with Crippen LogP contribution in [0.5, 0.6) is 0 Å². The Hall–Kier alpha value is -1.88. The number of nitrogens with zero attached hydrogens (tertiary/aromatic N) is 3. The molecule has 0 aromatic carbocycles. The summed E-state index contributed by atoms with van der Waals surface area (Å²) in [5.74, 6) is 0.103. The highest BCUT2D eigenvalue weighted by Gasteiger charge is 2.27. The fourth-order valence-electron chi connectivity index (χ4n) is 3.00. The maximum Gasteiger partial charge on any atom is 0.341 e. The van der Waals surface area contributed by atoms with Crippen molar-refractivity contribution >= 4 is 11.6 Å². The molecule has 0 aliphatic carbocycles. The Bertz CT molecular complexity index is 663. The summed E-state index contributed by atoms with van der Waals surface area (Å²) in [6, 6.07) is 4.17. The lowest BCUT2D eigenvalue weighted by Gasteiger charge is -2.19. The van der Waals surface area contributed by atoms with E-state index in [0.717, 1.165) is 25.2 Å². The number of hydrogen-bond acceptors (Lipinski definition) is 4. The van der Waals surface area contributed by atoms with Crippen molar-refractivity contribution < 1.29 is 9.53 Å². The van der Waals surface area contributed by atoms with Crippen LogP contribution in [0.25, 0.3) is 5.65 Å². The minimum Gasteiger partial charge on any atom is -0.465 e. The normalized spacial score (nSPS) is 19.5. The Labute approximate surface area is 124 Å². The van der Waals surface area contributed by atoms with Crippen LogP contribution < -0.4 is 0 Å². The van der Waals surface area contributed by atoms with Crippen LogP contribution in [0.4, 0.5) is 0 Å². The summed E-state index contributed by atoms with van der Waals surface area (Å²) in [7, 11) is 1.40. The molecule has 5 heteroatoms. The van der Waals surface area contributed by atoms with Gasteiger partial charge in [0.1, 0.15) is 5.56 Å². The number of hydrogen-bond donors (Lipinski definition) is 0. The molecule has 0 bridgehead atoms. The molecule has 1 aliphatic rings. The fraction of sp³-hybridized carbons (Fsp3) is 0.500. The first-order valence-electron chi connectivity index (χ1n) is 7.40. The number of aromatic nitrogens is 2. The minimum atomic E-state index is -0.340. The average molecular weight is 287 g/mol. The van der Waals surface area contributed by atoms with Crippen molar-refractivity contribution in [3.8, 4) is 0 Å². The summed E-state index contributed by atoms with van der Waals surface area (Å²) in [5, 5.41) is 0. The van der Waals surface area contributed by atoms with E-state index in [9.17, 15) is 4.79 Å². The summed E-state index contributed by atoms with van der Waals surface area (Å²) in [5.41, 5.74) is 2.27. The summed E-state index contributed by atoms with van der Waals surface area (Å²) >= 11 is 0. The molecular weight excluding hydrogens is 266 g/mol. The number of rotatable bonds is 3. The summed E-state index contributed by atoms with van der Waals surface area (Å²) < 4.78 is 6.74. The molecule has 1 atom stereocenters. The summed E-state index contributed by atoms with van der Waals surface area (Å²) in [4.78, 5) is 19.0. The first-order chi connectivity index (χ1) is 10.1. The van der Waals surface area contributed by atoms with Gasteiger partial charge in [0, 0.05) is 30.9 Å². The highest BCUT2D eigenvalue weighted by atomic mass is 16.5. The van der Waals surface area contributed by atoms with Crippen LogP contribution in [0.1, 0.15) is 42.2 Å². The molecular formula is C16H21N3O2. The van der Waals surface area contributed by atoms with Gasteiger partial charge in [-0.2, -0.15) is 0 Å². The van der Waals surface area contributed by atoms with Gasteiger partial charge >= 0.3 is 5.97 Å². The predicted octanol–water partition coefficient (Wildman–Crippen LogP) is 2.32. The molecule has 1 fully saturated rings. The number of pyridine rings is 1. The van der Waals surface area contributed by atoms with Gasteiger partial charge < -0.3 is 14.0 Å². The molecule has 112 valence electrons. The number of esters is 1. The molecule has 1 saturated heterocycles. The van der Waals surface area contributed by atoms with Crippen molar-refractivity contribution in [1.29, 1.82) is 0 Å². The SMILES string of the molecule is COC(=O)c1cccn2cc(C3CCN(C(C)C)C3)nc12. The van der Waals surface area contributed by atoms with Crippen molar-refractivity contribution in [3.63, 3.8) is 0 Å². The Morgan fingerprint density at radius 3 is 2.95 bits per heavy atom. The Morgan fingerprint density at radius 2 is 2.29 bits per heavy atom. The lowest BCUT2D eigenvalue weighted by Crippen LogP contribution is -2.27. The third kappa shape index (κ3) is 2.53. The van der Waals surface area contributed by atoms with Gasteiger partial charge in [0.15, 0.2) is 5.65 Å². The molecule has 1 unspecified atom stereocenters. The van der Waals surface area contributed by atoms with E-state index in [1.807, 2.05) is 22.9 Å². The van der Waals surface area contributed by atoms with Gasteiger partial charge in [-0.1, -0.05) is 0 Å². The standard InChI is InChI=1S/C16H21N3O2/c1-11(2)18-8-6-12(9-18)14-10-19-7-4-5-13(15(19)17-14)16(20)21-3/h4-5,7,10-12H,6,8-9H2,1-3H3. The first-order valence-corrected chi connectivity index (χ1v) is 7.40. The molecule has 0 saturated carbocycles. The van der Waals surface area contributed by atoms with Crippen LogP contribution in [-0.2, 0) is 4.74 Å². The number of methoxy groups -OCH3 is 1. The zero-order valence-corrected chi connectivity index (χ0v) is 12.7. The van der Waals surface area contributed by atoms with Gasteiger partial charge in [0.05, 0.1) is 12.8 Å². The molecule has 0 radical (unpaired) electrons. The molecule has 0 N–H and O–H groups in total. The molecule has 3 rings (SSSR count). The van der Waals surface area contributed by atoms with Crippen molar-refractivity contribution in [2.45, 2.75) is 32.2 Å². The van der Waals surface area contributed by atoms with Gasteiger partial charge in [0.2, 0.25) is 0 Å². The first kappa shape index (κ1) is 14.1. The molecule has 2 aromatic heterocycles. The Balaban J connectivity index is 1.93. The van der Waals surface area contributed by atoms with Gasteiger partial charge in [-0.15, -0.1) is 0 Å². The third-order valence-electron chi connectivity index (χ3n) is 4.27. The zero-order chi connectivity index (χ0) is 15.0. The zero-order valence-electron chi connectivity index (χ0n) is 12.7. The van der Waals surface area contributed by atoms with E-state index < -0.39 is 0 Å². The topological polar surface area (TPSA) is 46.8 Å². The maximum atomic E-state index is 11.8. The van der Waals surface area contributed by atoms with Crippen molar-refractivity contribution in [2.75, 3.05) is 20.2 Å². The molecule has 3 heterocycles. The highest BCUT2D eigenvalue weighted by molar-refractivity contribution is 5.95. The van der Waals surface area contributed by atoms with Crippen molar-refractivity contribution in [2.24, 2.45) is 0 Å². The van der Waals surface area contributed by atoms with Gasteiger partial charge in [-0.05, 0) is 38.9 Å². The molecule has 1 aliphatic heterocycles. The largest absolute Gasteiger partial charge is 0.465 e. The Morgan fingerprint density at radius 1 is 1.48 bits per heavy atom. The van der Waals surface area contributed by atoms with E-state index in [-0.39, 0.29) is 5.97 Å². The van der Waals surface area contributed by atoms with Crippen LogP contribution in [0.15, 0.2) is 24.5 Å². The number of carbonyl (C=O) groups excluding carboxylic acids is 1. The van der Waals surface area contributed by atoms with E-state index in [0.29, 0.717) is 23.2 Å². The molecule has 5 nitrogen and oxygen atoms in total. The van der Waals surface area contributed by atoms with Crippen LogP contribution in [-0.4, -0.2) is 46.5 Å². The van der Waals surface area contributed by atoms with Crippen molar-refractivity contribution in [3.05, 3.63) is 35.8 Å². The second-order valence-electron chi connectivity index (χ2n) is 5.88. The quantitative estimate of drug-likeness (QED) is 0.813. The average Bonchev–Trinajstić information content (AvgIpc) is 3.11. The number of ether oxygens (including phenoxy) is 1. The Kier molecular flexibility index (Phi) is 3.68. The number of imidazole rings is 1. The third-order valence-corrected chi connectivity index (χ3v) is 4.27. The van der Waals surface area contributed by atoms with E-state index in [2.05, 4.69) is 18.7 Å². The molecule has 0 spiro atoms. The van der Waals surface area contributed by atoms with E-state index in [4.69, 9.17) is 9.72 Å². The van der Waals surface area contributed by atoms with Crippen LogP contribution in [0.3, 0.4) is 0 Å².